The number of aryl methyl sites for hydroxylation is 1. The Bertz CT molecular complexity index is 792. The van der Waals surface area contributed by atoms with Crippen LogP contribution in [0.25, 0.3) is 5.70 Å². The Balaban J connectivity index is 1.98. The first-order chi connectivity index (χ1) is 11.5. The average Bonchev–Trinajstić information content (AvgIpc) is 2.96. The van der Waals surface area contributed by atoms with Gasteiger partial charge in [-0.15, -0.1) is 11.8 Å². The van der Waals surface area contributed by atoms with Crippen molar-refractivity contribution < 1.29 is 14.4 Å². The summed E-state index contributed by atoms with van der Waals surface area (Å²) in [4.78, 5) is 14.2. The smallest absolute Gasteiger partial charge is 0.238 e. The summed E-state index contributed by atoms with van der Waals surface area (Å²) in [5, 5.41) is 8.79. The molecule has 1 atom stereocenters. The monoisotopic (exact) mass is 344 g/mol. The van der Waals surface area contributed by atoms with E-state index in [1.807, 2.05) is 24.5 Å². The van der Waals surface area contributed by atoms with Crippen molar-refractivity contribution in [1.29, 1.82) is 0 Å². The number of nitrogens with one attached hydrogen (secondary N) is 1. The highest BCUT2D eigenvalue weighted by atomic mass is 32.2. The van der Waals surface area contributed by atoms with Gasteiger partial charge in [0.05, 0.1) is 11.4 Å². The fourth-order valence-electron chi connectivity index (χ4n) is 2.74. The van der Waals surface area contributed by atoms with Gasteiger partial charge in [0.25, 0.3) is 0 Å². The third kappa shape index (κ3) is 3.02. The van der Waals surface area contributed by atoms with E-state index in [1.165, 1.54) is 23.9 Å². The van der Waals surface area contributed by atoms with E-state index < -0.39 is 0 Å². The molecule has 0 bridgehead atoms. The van der Waals surface area contributed by atoms with Crippen LogP contribution in [-0.4, -0.2) is 16.9 Å². The highest BCUT2D eigenvalue weighted by Crippen LogP contribution is 2.43. The van der Waals surface area contributed by atoms with Gasteiger partial charge in [0.1, 0.15) is 11.2 Å². The Morgan fingerprint density at radius 3 is 2.67 bits per heavy atom. The van der Waals surface area contributed by atoms with Crippen LogP contribution in [0.4, 0.5) is 10.1 Å². The number of carbonyl (C=O) groups excluding carboxylic acids is 1. The third-order valence-electron chi connectivity index (χ3n) is 3.96. The minimum Gasteiger partial charge on any atom is -0.295 e. The maximum atomic E-state index is 13.2. The number of thioether (sulfide) groups is 1. The molecule has 0 saturated carbocycles. The topological polar surface area (TPSA) is 52.6 Å². The molecule has 2 N–H and O–H groups in total. The van der Waals surface area contributed by atoms with Crippen LogP contribution >= 0.6 is 11.8 Å². The molecule has 3 rings (SSSR count). The van der Waals surface area contributed by atoms with Gasteiger partial charge in [-0.2, -0.15) is 0 Å². The molecule has 0 radical (unpaired) electrons. The third-order valence-corrected chi connectivity index (χ3v) is 5.18. The maximum absolute atomic E-state index is 13.2. The van der Waals surface area contributed by atoms with Crippen LogP contribution in [0.3, 0.4) is 0 Å². The van der Waals surface area contributed by atoms with Crippen molar-refractivity contribution in [3.63, 3.8) is 0 Å². The molecule has 1 amide bonds. The van der Waals surface area contributed by atoms with Crippen LogP contribution in [-0.2, 0) is 4.79 Å². The van der Waals surface area contributed by atoms with Gasteiger partial charge in [-0.3, -0.25) is 20.4 Å². The fourth-order valence-corrected chi connectivity index (χ4v) is 3.91. The molecular formula is C18H17FN2O2S. The van der Waals surface area contributed by atoms with E-state index in [0.717, 1.165) is 22.4 Å². The molecule has 24 heavy (non-hydrogen) atoms. The van der Waals surface area contributed by atoms with E-state index in [1.54, 1.807) is 23.1 Å². The van der Waals surface area contributed by atoms with Crippen molar-refractivity contribution in [3.8, 4) is 0 Å². The molecule has 1 fully saturated rings. The molecule has 6 heteroatoms. The van der Waals surface area contributed by atoms with Gasteiger partial charge in [0, 0.05) is 5.69 Å². The minimum atomic E-state index is -0.296. The molecule has 1 heterocycles. The first kappa shape index (κ1) is 16.5. The quantitative estimate of drug-likeness (QED) is 0.827. The molecule has 124 valence electrons. The van der Waals surface area contributed by atoms with Gasteiger partial charge in [0.2, 0.25) is 5.91 Å². The molecule has 4 nitrogen and oxygen atoms in total. The molecule has 2 aromatic carbocycles. The number of halogens is 1. The number of anilines is 1. The van der Waals surface area contributed by atoms with E-state index in [9.17, 15) is 9.18 Å². The lowest BCUT2D eigenvalue weighted by molar-refractivity contribution is -0.115. The second-order valence-corrected chi connectivity index (χ2v) is 6.64. The zero-order valence-electron chi connectivity index (χ0n) is 13.1. The molecule has 0 aliphatic carbocycles. The first-order valence-electron chi connectivity index (χ1n) is 7.40. The lowest BCUT2D eigenvalue weighted by Gasteiger charge is -2.26. The fraction of sp³-hybridized carbons (Fsp3) is 0.167. The summed E-state index contributed by atoms with van der Waals surface area (Å²) in [5.41, 5.74) is 5.75. The van der Waals surface area contributed by atoms with Crippen LogP contribution < -0.4 is 10.4 Å². The van der Waals surface area contributed by atoms with Gasteiger partial charge in [-0.25, -0.2) is 4.39 Å². The number of amides is 1. The Morgan fingerprint density at radius 2 is 2.04 bits per heavy atom. The second kappa shape index (κ2) is 6.67. The van der Waals surface area contributed by atoms with Crippen molar-refractivity contribution >= 4 is 29.1 Å². The Kier molecular flexibility index (Phi) is 4.59. The van der Waals surface area contributed by atoms with Crippen LogP contribution in [0.2, 0.25) is 0 Å². The van der Waals surface area contributed by atoms with Crippen LogP contribution in [0.15, 0.2) is 49.0 Å². The number of benzene rings is 2. The van der Waals surface area contributed by atoms with Gasteiger partial charge < -0.3 is 0 Å². The summed E-state index contributed by atoms with van der Waals surface area (Å²) in [6.45, 7) is 5.62. The van der Waals surface area contributed by atoms with Crippen LogP contribution in [0, 0.1) is 12.7 Å². The Morgan fingerprint density at radius 1 is 1.33 bits per heavy atom. The number of hydroxylamine groups is 1. The molecule has 1 saturated heterocycles. The molecule has 2 aromatic rings. The van der Waals surface area contributed by atoms with Crippen LogP contribution in [0.1, 0.15) is 22.1 Å². The molecule has 0 aromatic heterocycles. The predicted octanol–water partition coefficient (Wildman–Crippen LogP) is 3.86. The number of rotatable bonds is 4. The van der Waals surface area contributed by atoms with Crippen molar-refractivity contribution in [1.82, 2.24) is 5.48 Å². The van der Waals surface area contributed by atoms with Gasteiger partial charge in [0.15, 0.2) is 0 Å². The van der Waals surface area contributed by atoms with Crippen LogP contribution in [0.5, 0.6) is 0 Å². The lowest BCUT2D eigenvalue weighted by Crippen LogP contribution is -2.28. The van der Waals surface area contributed by atoms with E-state index in [2.05, 4.69) is 6.58 Å². The molecule has 0 spiro atoms. The SMILES string of the molecule is C=C(NO)c1ccc(N2C(=O)CSC2c2ccc(F)cc2)c(C)c1. The van der Waals surface area contributed by atoms with E-state index in [0.29, 0.717) is 11.4 Å². The molecule has 1 aliphatic heterocycles. The standard InChI is InChI=1S/C18H17FN2O2S/c1-11-9-14(12(2)20-23)5-8-16(11)21-17(22)10-24-18(21)13-3-6-15(19)7-4-13/h3-9,18,20,23H,2,10H2,1H3. The summed E-state index contributed by atoms with van der Waals surface area (Å²) in [6, 6.07) is 11.7. The summed E-state index contributed by atoms with van der Waals surface area (Å²) in [7, 11) is 0. The number of nitrogens with zero attached hydrogens (tertiary/aromatic N) is 1. The van der Waals surface area contributed by atoms with Crippen molar-refractivity contribution in [2.24, 2.45) is 0 Å². The van der Waals surface area contributed by atoms with E-state index in [-0.39, 0.29) is 17.1 Å². The van der Waals surface area contributed by atoms with Crippen molar-refractivity contribution in [3.05, 3.63) is 71.6 Å². The van der Waals surface area contributed by atoms with Gasteiger partial charge >= 0.3 is 0 Å². The molecular weight excluding hydrogens is 327 g/mol. The number of hydrogen-bond acceptors (Lipinski definition) is 4. The zero-order chi connectivity index (χ0) is 17.3. The van der Waals surface area contributed by atoms with Crippen molar-refractivity contribution in [2.45, 2.75) is 12.3 Å². The van der Waals surface area contributed by atoms with Gasteiger partial charge in [-0.1, -0.05) is 24.8 Å². The lowest BCUT2D eigenvalue weighted by atomic mass is 10.1. The predicted molar refractivity (Wildman–Crippen MR) is 94.2 cm³/mol. The molecule has 1 aliphatic rings. The zero-order valence-corrected chi connectivity index (χ0v) is 13.9. The Hall–Kier alpha value is -2.31. The number of hydrogen-bond donors (Lipinski definition) is 2. The largest absolute Gasteiger partial charge is 0.295 e. The number of carbonyl (C=O) groups is 1. The maximum Gasteiger partial charge on any atom is 0.238 e. The summed E-state index contributed by atoms with van der Waals surface area (Å²) in [6.07, 6.45) is 0. The first-order valence-corrected chi connectivity index (χ1v) is 8.45. The summed E-state index contributed by atoms with van der Waals surface area (Å²) < 4.78 is 13.2. The summed E-state index contributed by atoms with van der Waals surface area (Å²) >= 11 is 1.52. The van der Waals surface area contributed by atoms with Gasteiger partial charge in [-0.05, 0) is 47.9 Å². The molecule has 1 unspecified atom stereocenters. The summed E-state index contributed by atoms with van der Waals surface area (Å²) in [5.74, 6) is 0.105. The second-order valence-electron chi connectivity index (χ2n) is 5.57. The van der Waals surface area contributed by atoms with E-state index in [4.69, 9.17) is 5.21 Å². The minimum absolute atomic E-state index is 0.0179. The highest BCUT2D eigenvalue weighted by Gasteiger charge is 2.34. The highest BCUT2D eigenvalue weighted by molar-refractivity contribution is 8.00. The Labute approximate surface area is 143 Å². The average molecular weight is 344 g/mol. The van der Waals surface area contributed by atoms with Crippen molar-refractivity contribution in [2.75, 3.05) is 10.7 Å². The normalized spacial score (nSPS) is 17.2. The van der Waals surface area contributed by atoms with E-state index >= 15 is 0 Å².